The van der Waals surface area contributed by atoms with E-state index in [1.54, 1.807) is 13.0 Å². The largest absolute Gasteiger partial charge is 0.465 e. The average molecular weight is 347 g/mol. The average Bonchev–Trinajstić information content (AvgIpc) is 2.62. The van der Waals surface area contributed by atoms with Crippen molar-refractivity contribution in [2.45, 2.75) is 6.92 Å². The van der Waals surface area contributed by atoms with E-state index in [0.717, 1.165) is 5.56 Å². The van der Waals surface area contributed by atoms with E-state index in [1.807, 2.05) is 30.3 Å². The van der Waals surface area contributed by atoms with E-state index < -0.39 is 23.7 Å². The van der Waals surface area contributed by atoms with Crippen molar-refractivity contribution in [1.29, 1.82) is 0 Å². The van der Waals surface area contributed by atoms with Gasteiger partial charge in [0, 0.05) is 6.08 Å². The van der Waals surface area contributed by atoms with Crippen LogP contribution in [0.25, 0.3) is 6.08 Å². The Morgan fingerprint density at radius 2 is 1.52 bits per heavy atom. The Bertz CT molecular complexity index is 628. The molecule has 1 aromatic rings. The highest BCUT2D eigenvalue weighted by atomic mass is 16.5. The fourth-order valence-corrected chi connectivity index (χ4v) is 1.65. The van der Waals surface area contributed by atoms with Crippen LogP contribution in [0.3, 0.4) is 0 Å². The van der Waals surface area contributed by atoms with Crippen LogP contribution < -0.4 is 16.0 Å². The van der Waals surface area contributed by atoms with Gasteiger partial charge in [0.1, 0.15) is 6.54 Å². The highest BCUT2D eigenvalue weighted by Crippen LogP contribution is 2.00. The molecule has 0 bridgehead atoms. The van der Waals surface area contributed by atoms with Crippen molar-refractivity contribution in [3.05, 3.63) is 42.0 Å². The second-order valence-electron chi connectivity index (χ2n) is 4.82. The minimum absolute atomic E-state index is 0.226. The van der Waals surface area contributed by atoms with E-state index in [9.17, 15) is 19.2 Å². The van der Waals surface area contributed by atoms with Gasteiger partial charge in [0.05, 0.1) is 19.7 Å². The smallest absolute Gasteiger partial charge is 0.325 e. The van der Waals surface area contributed by atoms with E-state index in [2.05, 4.69) is 20.7 Å². The summed E-state index contributed by atoms with van der Waals surface area (Å²) in [6.07, 6.45) is 2.94. The number of carbonyl (C=O) groups excluding carboxylic acids is 4. The number of benzene rings is 1. The zero-order valence-electron chi connectivity index (χ0n) is 13.9. The first-order chi connectivity index (χ1) is 12.0. The number of rotatable bonds is 9. The molecule has 3 amide bonds. The Labute approximate surface area is 145 Å². The molecule has 0 aliphatic heterocycles. The number of ether oxygens (including phenoxy) is 1. The molecule has 0 heterocycles. The summed E-state index contributed by atoms with van der Waals surface area (Å²) in [4.78, 5) is 45.6. The lowest BCUT2D eigenvalue weighted by atomic mass is 10.2. The van der Waals surface area contributed by atoms with Crippen LogP contribution in [-0.2, 0) is 23.9 Å². The highest BCUT2D eigenvalue weighted by Gasteiger charge is 2.08. The van der Waals surface area contributed by atoms with Gasteiger partial charge in [-0.05, 0) is 18.6 Å². The summed E-state index contributed by atoms with van der Waals surface area (Å²) in [6, 6.07) is 9.23. The first-order valence-corrected chi connectivity index (χ1v) is 7.71. The summed E-state index contributed by atoms with van der Waals surface area (Å²) in [7, 11) is 0. The van der Waals surface area contributed by atoms with Gasteiger partial charge in [-0.25, -0.2) is 0 Å². The molecular weight excluding hydrogens is 326 g/mol. The van der Waals surface area contributed by atoms with Gasteiger partial charge in [-0.15, -0.1) is 0 Å². The highest BCUT2D eigenvalue weighted by molar-refractivity contribution is 5.95. The fourth-order valence-electron chi connectivity index (χ4n) is 1.65. The molecule has 3 N–H and O–H groups in total. The molecule has 0 saturated carbocycles. The molecule has 1 aromatic carbocycles. The van der Waals surface area contributed by atoms with Crippen molar-refractivity contribution in [2.75, 3.05) is 26.2 Å². The minimum Gasteiger partial charge on any atom is -0.465 e. The van der Waals surface area contributed by atoms with Crippen LogP contribution in [0.1, 0.15) is 12.5 Å². The van der Waals surface area contributed by atoms with Crippen molar-refractivity contribution in [2.24, 2.45) is 0 Å². The molecule has 0 spiro atoms. The number of nitrogens with one attached hydrogen (secondary N) is 3. The molecular formula is C17H21N3O5. The van der Waals surface area contributed by atoms with Crippen LogP contribution in [0.2, 0.25) is 0 Å². The molecule has 25 heavy (non-hydrogen) atoms. The number of hydrogen-bond donors (Lipinski definition) is 3. The molecule has 0 unspecified atom stereocenters. The van der Waals surface area contributed by atoms with E-state index in [1.165, 1.54) is 6.08 Å². The van der Waals surface area contributed by atoms with Crippen LogP contribution >= 0.6 is 0 Å². The molecule has 0 saturated heterocycles. The maximum Gasteiger partial charge on any atom is 0.325 e. The molecule has 0 fully saturated rings. The van der Waals surface area contributed by atoms with Gasteiger partial charge in [-0.2, -0.15) is 0 Å². The van der Waals surface area contributed by atoms with Crippen LogP contribution in [0, 0.1) is 0 Å². The summed E-state index contributed by atoms with van der Waals surface area (Å²) in [5.74, 6) is -2.03. The third-order valence-electron chi connectivity index (χ3n) is 2.83. The summed E-state index contributed by atoms with van der Waals surface area (Å²) < 4.78 is 4.64. The second kappa shape index (κ2) is 11.4. The molecule has 1 rings (SSSR count). The van der Waals surface area contributed by atoms with E-state index in [4.69, 9.17) is 0 Å². The molecule has 0 aromatic heterocycles. The molecule has 0 aliphatic rings. The molecule has 134 valence electrons. The van der Waals surface area contributed by atoms with Crippen molar-refractivity contribution >= 4 is 29.8 Å². The molecule has 8 heteroatoms. The lowest BCUT2D eigenvalue weighted by Gasteiger charge is -2.07. The second-order valence-corrected chi connectivity index (χ2v) is 4.82. The monoisotopic (exact) mass is 347 g/mol. The number of hydrogen-bond acceptors (Lipinski definition) is 5. The SMILES string of the molecule is CCOC(=O)CNC(=O)CNC(=O)CNC(=O)/C=C/c1ccccc1. The lowest BCUT2D eigenvalue weighted by molar-refractivity contribution is -0.143. The Hall–Kier alpha value is -3.16. The molecule has 0 atom stereocenters. The normalized spacial score (nSPS) is 10.1. The van der Waals surface area contributed by atoms with E-state index in [-0.39, 0.29) is 26.2 Å². The maximum absolute atomic E-state index is 11.6. The van der Waals surface area contributed by atoms with Gasteiger partial charge in [-0.1, -0.05) is 30.3 Å². The van der Waals surface area contributed by atoms with Crippen molar-refractivity contribution in [3.8, 4) is 0 Å². The zero-order chi connectivity index (χ0) is 18.5. The number of amides is 3. The molecule has 8 nitrogen and oxygen atoms in total. The third kappa shape index (κ3) is 9.54. The Balaban J connectivity index is 2.19. The summed E-state index contributed by atoms with van der Waals surface area (Å²) >= 11 is 0. The maximum atomic E-state index is 11.6. The zero-order valence-corrected chi connectivity index (χ0v) is 13.9. The van der Waals surface area contributed by atoms with Crippen LogP contribution in [0.5, 0.6) is 0 Å². The summed E-state index contributed by atoms with van der Waals surface area (Å²) in [6.45, 7) is 1.06. The lowest BCUT2D eigenvalue weighted by Crippen LogP contribution is -2.42. The van der Waals surface area contributed by atoms with Crippen LogP contribution in [-0.4, -0.2) is 49.9 Å². The van der Waals surface area contributed by atoms with Gasteiger partial charge < -0.3 is 20.7 Å². The Kier molecular flexibility index (Phi) is 9.06. The molecule has 0 radical (unpaired) electrons. The predicted molar refractivity (Wildman–Crippen MR) is 91.1 cm³/mol. The first-order valence-electron chi connectivity index (χ1n) is 7.71. The van der Waals surface area contributed by atoms with Crippen molar-refractivity contribution in [3.63, 3.8) is 0 Å². The minimum atomic E-state index is -0.556. The quantitative estimate of drug-likeness (QED) is 0.416. The van der Waals surface area contributed by atoms with Gasteiger partial charge in [0.2, 0.25) is 17.7 Å². The Morgan fingerprint density at radius 3 is 2.16 bits per heavy atom. The van der Waals surface area contributed by atoms with E-state index in [0.29, 0.717) is 0 Å². The van der Waals surface area contributed by atoms with Crippen molar-refractivity contribution < 1.29 is 23.9 Å². The predicted octanol–water partition coefficient (Wildman–Crippen LogP) is -0.388. The topological polar surface area (TPSA) is 114 Å². The fraction of sp³-hybridized carbons (Fsp3) is 0.294. The van der Waals surface area contributed by atoms with Gasteiger partial charge in [-0.3, -0.25) is 19.2 Å². The molecule has 0 aliphatic carbocycles. The number of esters is 1. The van der Waals surface area contributed by atoms with Crippen molar-refractivity contribution in [1.82, 2.24) is 16.0 Å². The standard InChI is InChI=1S/C17H21N3O5/c1-2-25-17(24)12-20-16(23)11-19-15(22)10-18-14(21)9-8-13-6-4-3-5-7-13/h3-9H,2,10-12H2,1H3,(H,18,21)(H,19,22)(H,20,23)/b9-8+. The number of carbonyl (C=O) groups is 4. The van der Waals surface area contributed by atoms with Crippen LogP contribution in [0.4, 0.5) is 0 Å². The van der Waals surface area contributed by atoms with E-state index >= 15 is 0 Å². The van der Waals surface area contributed by atoms with Gasteiger partial charge in [0.25, 0.3) is 0 Å². The third-order valence-corrected chi connectivity index (χ3v) is 2.83. The van der Waals surface area contributed by atoms with Crippen LogP contribution in [0.15, 0.2) is 36.4 Å². The van der Waals surface area contributed by atoms with Gasteiger partial charge >= 0.3 is 5.97 Å². The first kappa shape index (κ1) is 19.9. The summed E-state index contributed by atoms with van der Waals surface area (Å²) in [5.41, 5.74) is 0.861. The van der Waals surface area contributed by atoms with Gasteiger partial charge in [0.15, 0.2) is 0 Å². The Morgan fingerprint density at radius 1 is 0.920 bits per heavy atom. The summed E-state index contributed by atoms with van der Waals surface area (Å²) in [5, 5.41) is 7.02.